The molecule has 16 heavy (non-hydrogen) atoms. The molecule has 2 nitrogen and oxygen atoms in total. The lowest BCUT2D eigenvalue weighted by Gasteiger charge is -2.32. The zero-order valence-corrected chi connectivity index (χ0v) is 10.8. The van der Waals surface area contributed by atoms with E-state index in [1.807, 2.05) is 4.90 Å². The molecule has 0 saturated carbocycles. The maximum atomic E-state index is 11.9. The molecular weight excluding hydrogens is 218 g/mol. The lowest BCUT2D eigenvalue weighted by Crippen LogP contribution is -2.40. The number of hydrogen-bond acceptors (Lipinski definition) is 2. The summed E-state index contributed by atoms with van der Waals surface area (Å²) < 4.78 is 0. The van der Waals surface area contributed by atoms with Crippen LogP contribution in [0.15, 0.2) is 23.1 Å². The maximum absolute atomic E-state index is 11.9. The molecule has 0 aliphatic carbocycles. The van der Waals surface area contributed by atoms with Gasteiger partial charge in [0.25, 0.3) is 0 Å². The normalized spacial score (nSPS) is 15.5. The molecule has 1 amide bonds. The summed E-state index contributed by atoms with van der Waals surface area (Å²) in [5.41, 5.74) is 2.41. The highest BCUT2D eigenvalue weighted by Crippen LogP contribution is 2.32. The summed E-state index contributed by atoms with van der Waals surface area (Å²) in [5, 5.41) is 0. The molecule has 1 aliphatic rings. The molecule has 0 saturated heterocycles. The Kier molecular flexibility index (Phi) is 3.24. The van der Waals surface area contributed by atoms with Crippen LogP contribution in [0.25, 0.3) is 0 Å². The predicted molar refractivity (Wildman–Crippen MR) is 69.2 cm³/mol. The largest absolute Gasteiger partial charge is 0.310 e. The van der Waals surface area contributed by atoms with Crippen LogP contribution in [-0.2, 0) is 11.2 Å². The zero-order valence-electron chi connectivity index (χ0n) is 9.99. The summed E-state index contributed by atoms with van der Waals surface area (Å²) in [7, 11) is 0. The van der Waals surface area contributed by atoms with Crippen molar-refractivity contribution in [3.05, 3.63) is 23.8 Å². The Hall–Kier alpha value is -0.960. The van der Waals surface area contributed by atoms with E-state index in [4.69, 9.17) is 0 Å². The van der Waals surface area contributed by atoms with E-state index in [-0.39, 0.29) is 11.9 Å². The van der Waals surface area contributed by atoms with Crippen molar-refractivity contribution in [2.24, 2.45) is 0 Å². The van der Waals surface area contributed by atoms with Crippen LogP contribution in [0.2, 0.25) is 0 Å². The molecule has 1 aromatic carbocycles. The number of fused-ring (bicyclic) bond motifs is 1. The lowest BCUT2D eigenvalue weighted by molar-refractivity contribution is -0.119. The molecule has 1 heterocycles. The first kappa shape index (κ1) is 11.5. The lowest BCUT2D eigenvalue weighted by atomic mass is 10.00. The van der Waals surface area contributed by atoms with Crippen molar-refractivity contribution < 1.29 is 4.79 Å². The van der Waals surface area contributed by atoms with Gasteiger partial charge in [0.15, 0.2) is 0 Å². The Morgan fingerprint density at radius 1 is 1.31 bits per heavy atom. The predicted octanol–water partition coefficient (Wildman–Crippen LogP) is 3.10. The number of aryl methyl sites for hydroxylation is 1. The van der Waals surface area contributed by atoms with E-state index in [0.717, 1.165) is 12.1 Å². The molecule has 2 rings (SSSR count). The third-order valence-corrected chi connectivity index (χ3v) is 3.66. The van der Waals surface area contributed by atoms with E-state index in [1.165, 1.54) is 10.5 Å². The number of hydrogen-bond donors (Lipinski definition) is 0. The SMILES string of the molecule is CSc1ccc2c(c1)CCC(=O)N2C(C)C. The van der Waals surface area contributed by atoms with Gasteiger partial charge in [-0.15, -0.1) is 11.8 Å². The van der Waals surface area contributed by atoms with Crippen LogP contribution in [0.5, 0.6) is 0 Å². The van der Waals surface area contributed by atoms with E-state index >= 15 is 0 Å². The molecule has 3 heteroatoms. The molecule has 0 spiro atoms. The van der Waals surface area contributed by atoms with Crippen molar-refractivity contribution in [3.63, 3.8) is 0 Å². The summed E-state index contributed by atoms with van der Waals surface area (Å²) in [6.45, 7) is 4.13. The van der Waals surface area contributed by atoms with Crippen molar-refractivity contribution in [2.75, 3.05) is 11.2 Å². The average molecular weight is 235 g/mol. The highest BCUT2D eigenvalue weighted by Gasteiger charge is 2.25. The van der Waals surface area contributed by atoms with Gasteiger partial charge < -0.3 is 4.90 Å². The van der Waals surface area contributed by atoms with Gasteiger partial charge in [-0.25, -0.2) is 0 Å². The van der Waals surface area contributed by atoms with Gasteiger partial charge in [-0.2, -0.15) is 0 Å². The number of amides is 1. The Labute approximate surface area is 101 Å². The number of carbonyl (C=O) groups is 1. The van der Waals surface area contributed by atoms with Gasteiger partial charge in [-0.3, -0.25) is 4.79 Å². The summed E-state index contributed by atoms with van der Waals surface area (Å²) in [5.74, 6) is 0.249. The minimum absolute atomic E-state index is 0.242. The van der Waals surface area contributed by atoms with Crippen LogP contribution < -0.4 is 4.90 Å². The molecule has 0 aromatic heterocycles. The highest BCUT2D eigenvalue weighted by atomic mass is 32.2. The molecule has 0 radical (unpaired) electrons. The van der Waals surface area contributed by atoms with Crippen LogP contribution in [0.1, 0.15) is 25.8 Å². The van der Waals surface area contributed by atoms with Gasteiger partial charge in [0.2, 0.25) is 5.91 Å². The highest BCUT2D eigenvalue weighted by molar-refractivity contribution is 7.98. The fourth-order valence-electron chi connectivity index (χ4n) is 2.19. The molecule has 1 aromatic rings. The molecular formula is C13H17NOS. The number of anilines is 1. The fourth-order valence-corrected chi connectivity index (χ4v) is 2.65. The average Bonchev–Trinajstić information content (AvgIpc) is 2.27. The van der Waals surface area contributed by atoms with Crippen LogP contribution in [0.4, 0.5) is 5.69 Å². The number of nitrogens with zero attached hydrogens (tertiary/aromatic N) is 1. The Morgan fingerprint density at radius 2 is 2.06 bits per heavy atom. The molecule has 0 N–H and O–H groups in total. The second-order valence-electron chi connectivity index (χ2n) is 4.35. The van der Waals surface area contributed by atoms with Gasteiger partial charge in [0, 0.05) is 23.0 Å². The summed E-state index contributed by atoms with van der Waals surface area (Å²) in [4.78, 5) is 15.1. The smallest absolute Gasteiger partial charge is 0.227 e. The van der Waals surface area contributed by atoms with E-state index in [1.54, 1.807) is 11.8 Å². The van der Waals surface area contributed by atoms with Crippen molar-refractivity contribution in [2.45, 2.75) is 37.6 Å². The molecule has 0 atom stereocenters. The maximum Gasteiger partial charge on any atom is 0.227 e. The van der Waals surface area contributed by atoms with Gasteiger partial charge in [-0.05, 0) is 50.3 Å². The van der Waals surface area contributed by atoms with Crippen LogP contribution in [-0.4, -0.2) is 18.2 Å². The topological polar surface area (TPSA) is 20.3 Å². The molecule has 0 bridgehead atoms. The third kappa shape index (κ3) is 1.96. The van der Waals surface area contributed by atoms with Crippen molar-refractivity contribution >= 4 is 23.4 Å². The van der Waals surface area contributed by atoms with Gasteiger partial charge >= 0.3 is 0 Å². The monoisotopic (exact) mass is 235 g/mol. The summed E-state index contributed by atoms with van der Waals surface area (Å²) in [6, 6.07) is 6.63. The first-order chi connectivity index (χ1) is 7.63. The van der Waals surface area contributed by atoms with E-state index in [0.29, 0.717) is 6.42 Å². The quantitative estimate of drug-likeness (QED) is 0.734. The number of rotatable bonds is 2. The Bertz CT molecular complexity index is 414. The van der Waals surface area contributed by atoms with Crippen molar-refractivity contribution in [1.82, 2.24) is 0 Å². The number of thioether (sulfide) groups is 1. The second kappa shape index (κ2) is 4.50. The van der Waals surface area contributed by atoms with Crippen molar-refractivity contribution in [1.29, 1.82) is 0 Å². The molecule has 1 aliphatic heterocycles. The summed E-state index contributed by atoms with van der Waals surface area (Å²) in [6.07, 6.45) is 3.60. The van der Waals surface area contributed by atoms with Gasteiger partial charge in [-0.1, -0.05) is 0 Å². The molecule has 86 valence electrons. The number of benzene rings is 1. The number of carbonyl (C=O) groups excluding carboxylic acids is 1. The Morgan fingerprint density at radius 3 is 2.69 bits per heavy atom. The van der Waals surface area contributed by atoms with E-state index in [2.05, 4.69) is 38.3 Å². The first-order valence-corrected chi connectivity index (χ1v) is 6.85. The van der Waals surface area contributed by atoms with Crippen LogP contribution in [0, 0.1) is 0 Å². The standard InChI is InChI=1S/C13H17NOS/c1-9(2)14-12-6-5-11(16-3)8-10(12)4-7-13(14)15/h5-6,8-9H,4,7H2,1-3H3. The van der Waals surface area contributed by atoms with E-state index in [9.17, 15) is 4.79 Å². The molecule has 0 fully saturated rings. The summed E-state index contributed by atoms with van der Waals surface area (Å²) >= 11 is 1.75. The van der Waals surface area contributed by atoms with Gasteiger partial charge in [0.05, 0.1) is 0 Å². The van der Waals surface area contributed by atoms with Crippen molar-refractivity contribution in [3.8, 4) is 0 Å². The van der Waals surface area contributed by atoms with Gasteiger partial charge in [0.1, 0.15) is 0 Å². The first-order valence-electron chi connectivity index (χ1n) is 5.62. The van der Waals surface area contributed by atoms with E-state index < -0.39 is 0 Å². The minimum atomic E-state index is 0.242. The molecule has 0 unspecified atom stereocenters. The zero-order chi connectivity index (χ0) is 11.7. The van der Waals surface area contributed by atoms with Crippen LogP contribution in [0.3, 0.4) is 0 Å². The fraction of sp³-hybridized carbons (Fsp3) is 0.462. The van der Waals surface area contributed by atoms with Crippen LogP contribution >= 0.6 is 11.8 Å². The Balaban J connectivity index is 2.44. The minimum Gasteiger partial charge on any atom is -0.310 e. The third-order valence-electron chi connectivity index (χ3n) is 2.94. The second-order valence-corrected chi connectivity index (χ2v) is 5.23.